The molecule has 1 aromatic carbocycles. The maximum absolute atomic E-state index is 5.52. The molecule has 0 unspecified atom stereocenters. The molecule has 8 nitrogen and oxygen atoms in total. The Morgan fingerprint density at radius 2 is 1.81 bits per heavy atom. The van der Waals surface area contributed by atoms with Gasteiger partial charge in [-0.15, -0.1) is 0 Å². The van der Waals surface area contributed by atoms with E-state index in [1.54, 1.807) is 14.2 Å². The number of methoxy groups -OCH3 is 2. The first-order chi connectivity index (χ1) is 14.9. The first-order valence-electron chi connectivity index (χ1n) is 10.2. The van der Waals surface area contributed by atoms with Crippen LogP contribution in [0.1, 0.15) is 35.1 Å². The molecule has 0 fully saturated rings. The van der Waals surface area contributed by atoms with Crippen LogP contribution in [0.5, 0.6) is 11.5 Å². The van der Waals surface area contributed by atoms with Crippen molar-refractivity contribution in [1.29, 1.82) is 0 Å². The van der Waals surface area contributed by atoms with Gasteiger partial charge in [0, 0.05) is 24.8 Å². The summed E-state index contributed by atoms with van der Waals surface area (Å²) in [5, 5.41) is 16.3. The van der Waals surface area contributed by atoms with Gasteiger partial charge in [0.05, 0.1) is 43.5 Å². The minimum absolute atomic E-state index is 0.556. The second-order valence-electron chi connectivity index (χ2n) is 7.30. The Morgan fingerprint density at radius 1 is 1.06 bits per heavy atom. The van der Waals surface area contributed by atoms with Crippen molar-refractivity contribution in [1.82, 2.24) is 24.9 Å². The van der Waals surface area contributed by atoms with Crippen LogP contribution in [0, 0.1) is 20.8 Å². The highest BCUT2D eigenvalue weighted by Crippen LogP contribution is 2.28. The first-order valence-corrected chi connectivity index (χ1v) is 10.6. The van der Waals surface area contributed by atoms with Gasteiger partial charge in [0.15, 0.2) is 16.6 Å². The Kier molecular flexibility index (Phi) is 7.17. The zero-order chi connectivity index (χ0) is 22.5. The molecule has 0 aliphatic rings. The van der Waals surface area contributed by atoms with Gasteiger partial charge in [-0.1, -0.05) is 6.07 Å². The minimum Gasteiger partial charge on any atom is -0.493 e. The third-order valence-corrected chi connectivity index (χ3v) is 5.46. The van der Waals surface area contributed by atoms with Crippen LogP contribution in [0.15, 0.2) is 24.4 Å². The van der Waals surface area contributed by atoms with E-state index in [0.29, 0.717) is 29.7 Å². The van der Waals surface area contributed by atoms with Crippen LogP contribution in [0.2, 0.25) is 0 Å². The highest BCUT2D eigenvalue weighted by atomic mass is 32.1. The van der Waals surface area contributed by atoms with Gasteiger partial charge in [-0.25, -0.2) is 0 Å². The second kappa shape index (κ2) is 9.82. The molecule has 0 saturated heterocycles. The third kappa shape index (κ3) is 5.16. The van der Waals surface area contributed by atoms with Crippen molar-refractivity contribution in [2.75, 3.05) is 19.5 Å². The zero-order valence-corrected chi connectivity index (χ0v) is 19.8. The normalized spacial score (nSPS) is 10.8. The molecule has 0 amide bonds. The average molecular weight is 443 g/mol. The number of hydrogen-bond donors (Lipinski definition) is 2. The molecule has 0 saturated carbocycles. The van der Waals surface area contributed by atoms with Crippen molar-refractivity contribution in [2.45, 2.75) is 47.3 Å². The van der Waals surface area contributed by atoms with Gasteiger partial charge in [0.25, 0.3) is 0 Å². The highest BCUT2D eigenvalue weighted by molar-refractivity contribution is 7.80. The molecule has 9 heteroatoms. The molecular formula is C22H30N6O2S. The Morgan fingerprint density at radius 3 is 2.45 bits per heavy atom. The predicted molar refractivity (Wildman–Crippen MR) is 126 cm³/mol. The molecule has 2 N–H and O–H groups in total. The standard InChI is InChI=1S/C22H30N6O2S/c1-7-27-13-18(14(2)25-27)11-23-22(31)24-21-15(3)26-28(16(21)4)12-17-8-9-19(29-5)20(10-17)30-6/h8-10,13H,7,11-12H2,1-6H3,(H2,23,24,31). The molecule has 0 aliphatic carbocycles. The van der Waals surface area contributed by atoms with E-state index in [4.69, 9.17) is 21.7 Å². The van der Waals surface area contributed by atoms with Crippen LogP contribution in [0.4, 0.5) is 5.69 Å². The summed E-state index contributed by atoms with van der Waals surface area (Å²) in [4.78, 5) is 0. The smallest absolute Gasteiger partial charge is 0.171 e. The largest absolute Gasteiger partial charge is 0.493 e. The summed E-state index contributed by atoms with van der Waals surface area (Å²) in [5.74, 6) is 1.41. The predicted octanol–water partition coefficient (Wildman–Crippen LogP) is 3.58. The van der Waals surface area contributed by atoms with Crippen LogP contribution in [0.3, 0.4) is 0 Å². The van der Waals surface area contributed by atoms with E-state index in [1.165, 1.54) is 0 Å². The zero-order valence-electron chi connectivity index (χ0n) is 18.9. The van der Waals surface area contributed by atoms with Crippen molar-refractivity contribution < 1.29 is 9.47 Å². The number of aryl methyl sites for hydroxylation is 3. The van der Waals surface area contributed by atoms with E-state index in [9.17, 15) is 0 Å². The van der Waals surface area contributed by atoms with Gasteiger partial charge in [-0.05, 0) is 57.6 Å². The van der Waals surface area contributed by atoms with Crippen LogP contribution in [-0.4, -0.2) is 38.9 Å². The van der Waals surface area contributed by atoms with Crippen molar-refractivity contribution in [3.05, 3.63) is 52.6 Å². The van der Waals surface area contributed by atoms with Crippen molar-refractivity contribution in [2.24, 2.45) is 0 Å². The third-order valence-electron chi connectivity index (χ3n) is 5.21. The van der Waals surface area contributed by atoms with Crippen LogP contribution in [-0.2, 0) is 19.6 Å². The molecule has 0 aliphatic heterocycles. The summed E-state index contributed by atoms with van der Waals surface area (Å²) in [5.41, 5.74) is 6.01. The molecule has 31 heavy (non-hydrogen) atoms. The maximum atomic E-state index is 5.52. The molecule has 0 atom stereocenters. The Bertz CT molecular complexity index is 1070. The van der Waals surface area contributed by atoms with E-state index >= 15 is 0 Å². The number of ether oxygens (including phenoxy) is 2. The van der Waals surface area contributed by atoms with Gasteiger partial charge < -0.3 is 20.1 Å². The van der Waals surface area contributed by atoms with Crippen molar-refractivity contribution >= 4 is 23.0 Å². The number of hydrogen-bond acceptors (Lipinski definition) is 5. The second-order valence-corrected chi connectivity index (χ2v) is 7.70. The number of anilines is 1. The molecule has 2 heterocycles. The average Bonchev–Trinajstić information content (AvgIpc) is 3.25. The lowest BCUT2D eigenvalue weighted by molar-refractivity contribution is 0.354. The first kappa shape index (κ1) is 22.6. The van der Waals surface area contributed by atoms with Gasteiger partial charge in [0.2, 0.25) is 0 Å². The number of benzene rings is 1. The lowest BCUT2D eigenvalue weighted by Crippen LogP contribution is -2.28. The van der Waals surface area contributed by atoms with Crippen LogP contribution < -0.4 is 20.1 Å². The Balaban J connectivity index is 1.68. The van der Waals surface area contributed by atoms with Gasteiger partial charge in [0.1, 0.15) is 0 Å². The fraction of sp³-hybridized carbons (Fsp3) is 0.409. The molecule has 2 aromatic heterocycles. The van der Waals surface area contributed by atoms with Gasteiger partial charge in [-0.3, -0.25) is 9.36 Å². The van der Waals surface area contributed by atoms with E-state index < -0.39 is 0 Å². The number of thiocarbonyl (C=S) groups is 1. The monoisotopic (exact) mass is 442 g/mol. The molecule has 166 valence electrons. The lowest BCUT2D eigenvalue weighted by atomic mass is 10.2. The van der Waals surface area contributed by atoms with Crippen LogP contribution >= 0.6 is 12.2 Å². The quantitative estimate of drug-likeness (QED) is 0.516. The van der Waals surface area contributed by atoms with Crippen LogP contribution in [0.25, 0.3) is 0 Å². The summed E-state index contributed by atoms with van der Waals surface area (Å²) in [7, 11) is 3.26. The molecule has 0 bridgehead atoms. The molecule has 0 radical (unpaired) electrons. The van der Waals surface area contributed by atoms with Crippen molar-refractivity contribution in [3.63, 3.8) is 0 Å². The van der Waals surface area contributed by atoms with E-state index in [1.807, 2.05) is 54.5 Å². The summed E-state index contributed by atoms with van der Waals surface area (Å²) in [6.07, 6.45) is 2.04. The SMILES string of the molecule is CCn1cc(CNC(=S)Nc2c(C)nn(Cc3ccc(OC)c(OC)c3)c2C)c(C)n1. The fourth-order valence-electron chi connectivity index (χ4n) is 3.41. The topological polar surface area (TPSA) is 78.2 Å². The van der Waals surface area contributed by atoms with E-state index in [0.717, 1.165) is 40.4 Å². The van der Waals surface area contributed by atoms with Gasteiger partial charge >= 0.3 is 0 Å². The lowest BCUT2D eigenvalue weighted by Gasteiger charge is -2.12. The number of aromatic nitrogens is 4. The van der Waals surface area contributed by atoms with E-state index in [2.05, 4.69) is 27.8 Å². The molecule has 3 aromatic rings. The number of rotatable bonds is 8. The maximum Gasteiger partial charge on any atom is 0.171 e. The summed E-state index contributed by atoms with van der Waals surface area (Å²) < 4.78 is 14.6. The fourth-order valence-corrected chi connectivity index (χ4v) is 3.59. The molecule has 3 rings (SSSR count). The number of nitrogens with one attached hydrogen (secondary N) is 2. The van der Waals surface area contributed by atoms with E-state index in [-0.39, 0.29) is 0 Å². The highest BCUT2D eigenvalue weighted by Gasteiger charge is 2.14. The Labute approximate surface area is 188 Å². The molecule has 0 spiro atoms. The van der Waals surface area contributed by atoms with Crippen molar-refractivity contribution in [3.8, 4) is 11.5 Å². The number of nitrogens with zero attached hydrogens (tertiary/aromatic N) is 4. The molecular weight excluding hydrogens is 412 g/mol. The minimum atomic E-state index is 0.556. The summed E-state index contributed by atoms with van der Waals surface area (Å²) in [6, 6.07) is 5.88. The summed E-state index contributed by atoms with van der Waals surface area (Å²) in [6.45, 7) is 10.2. The summed E-state index contributed by atoms with van der Waals surface area (Å²) >= 11 is 5.52. The van der Waals surface area contributed by atoms with Gasteiger partial charge in [-0.2, -0.15) is 10.2 Å². The Hall–Kier alpha value is -3.07.